The molecule has 0 saturated carbocycles. The normalized spacial score (nSPS) is 22.9. The van der Waals surface area contributed by atoms with Crippen molar-refractivity contribution in [3.8, 4) is 0 Å². The van der Waals surface area contributed by atoms with Crippen molar-refractivity contribution in [3.05, 3.63) is 54.1 Å². The molecule has 128 valence electrons. The lowest BCUT2D eigenvalue weighted by molar-refractivity contribution is -0.0200. The quantitative estimate of drug-likeness (QED) is 0.865. The number of nitrogens with zero attached hydrogens (tertiary/aromatic N) is 3. The number of aromatic nitrogens is 2. The molecule has 1 saturated heterocycles. The van der Waals surface area contributed by atoms with Crippen molar-refractivity contribution in [2.45, 2.75) is 44.7 Å². The van der Waals surface area contributed by atoms with E-state index in [4.69, 9.17) is 9.47 Å². The molecule has 2 aromatic rings. The van der Waals surface area contributed by atoms with Gasteiger partial charge in [0.1, 0.15) is 0 Å². The van der Waals surface area contributed by atoms with Gasteiger partial charge in [-0.2, -0.15) is 0 Å². The molecule has 0 N–H and O–H groups in total. The zero-order valence-corrected chi connectivity index (χ0v) is 14.0. The molecule has 4 rings (SSSR count). The lowest BCUT2D eigenvalue weighted by atomic mass is 10.1. The summed E-state index contributed by atoms with van der Waals surface area (Å²) < 4.78 is 14.1. The van der Waals surface area contributed by atoms with Crippen molar-refractivity contribution in [2.75, 3.05) is 19.8 Å². The van der Waals surface area contributed by atoms with Crippen LogP contribution in [0.25, 0.3) is 0 Å². The fourth-order valence-electron chi connectivity index (χ4n) is 3.70. The Morgan fingerprint density at radius 3 is 2.88 bits per heavy atom. The van der Waals surface area contributed by atoms with Gasteiger partial charge in [-0.1, -0.05) is 6.07 Å². The van der Waals surface area contributed by atoms with Gasteiger partial charge >= 0.3 is 0 Å². The Morgan fingerprint density at radius 1 is 1.12 bits per heavy atom. The van der Waals surface area contributed by atoms with Crippen LogP contribution in [0, 0.1) is 0 Å². The van der Waals surface area contributed by atoms with Crippen molar-refractivity contribution in [1.29, 1.82) is 0 Å². The second-order valence-corrected chi connectivity index (χ2v) is 6.68. The molecule has 1 unspecified atom stereocenters. The maximum atomic E-state index is 6.24. The number of rotatable bonds is 4. The van der Waals surface area contributed by atoms with E-state index in [0.29, 0.717) is 12.6 Å². The molecule has 0 aromatic carbocycles. The summed E-state index contributed by atoms with van der Waals surface area (Å²) in [7, 11) is 0. The number of fused-ring (bicyclic) bond motifs is 1. The summed E-state index contributed by atoms with van der Waals surface area (Å²) in [5.74, 6) is 0. The van der Waals surface area contributed by atoms with E-state index >= 15 is 0 Å². The zero-order valence-electron chi connectivity index (χ0n) is 14.0. The van der Waals surface area contributed by atoms with Gasteiger partial charge in [-0.25, -0.2) is 0 Å². The maximum Gasteiger partial charge on any atom is 0.0893 e. The van der Waals surface area contributed by atoms with Crippen molar-refractivity contribution in [2.24, 2.45) is 0 Å². The Bertz CT molecular complexity index is 637. The van der Waals surface area contributed by atoms with Gasteiger partial charge in [0.25, 0.3) is 0 Å². The summed E-state index contributed by atoms with van der Waals surface area (Å²) in [4.78, 5) is 6.96. The van der Waals surface area contributed by atoms with Gasteiger partial charge < -0.3 is 14.0 Å². The second kappa shape index (κ2) is 7.47. The molecule has 2 aliphatic rings. The third-order valence-corrected chi connectivity index (χ3v) is 5.03. The Morgan fingerprint density at radius 2 is 2.04 bits per heavy atom. The molecule has 2 aromatic heterocycles. The largest absolute Gasteiger partial charge is 0.381 e. The predicted molar refractivity (Wildman–Crippen MR) is 91.5 cm³/mol. The minimum atomic E-state index is 0.184. The summed E-state index contributed by atoms with van der Waals surface area (Å²) in [6.07, 6.45) is 6.41. The Balaban J connectivity index is 1.46. The molecule has 0 aliphatic carbocycles. The van der Waals surface area contributed by atoms with Crippen LogP contribution in [0.2, 0.25) is 0 Å². The zero-order chi connectivity index (χ0) is 16.2. The molecular formula is C19H25N3O2. The Labute approximate surface area is 143 Å². The predicted octanol–water partition coefficient (Wildman–Crippen LogP) is 2.46. The maximum absolute atomic E-state index is 6.24. The highest BCUT2D eigenvalue weighted by molar-refractivity contribution is 5.09. The lowest BCUT2D eigenvalue weighted by Gasteiger charge is -2.34. The first-order valence-corrected chi connectivity index (χ1v) is 8.86. The molecule has 5 nitrogen and oxygen atoms in total. The number of pyridine rings is 1. The Hall–Kier alpha value is -1.69. The van der Waals surface area contributed by atoms with Crippen LogP contribution in [0.15, 0.2) is 42.7 Å². The van der Waals surface area contributed by atoms with Gasteiger partial charge in [0.15, 0.2) is 0 Å². The van der Waals surface area contributed by atoms with Crippen LogP contribution in [-0.4, -0.2) is 46.4 Å². The third kappa shape index (κ3) is 3.69. The molecule has 1 atom stereocenters. The topological polar surface area (TPSA) is 39.5 Å². The standard InChI is InChI=1S/C19H25N3O2/c1-2-8-20-16(4-1)15-24-19-13-21-9-3-5-18(21)12-22(14-19)17-6-10-23-11-7-17/h1-5,8-9,17,19H,6-7,10-15H2. The highest BCUT2D eigenvalue weighted by Gasteiger charge is 2.28. The van der Waals surface area contributed by atoms with Gasteiger partial charge in [-0.05, 0) is 37.1 Å². The molecule has 4 heterocycles. The van der Waals surface area contributed by atoms with Crippen LogP contribution in [0.4, 0.5) is 0 Å². The molecule has 0 bridgehead atoms. The first-order chi connectivity index (χ1) is 11.9. The molecular weight excluding hydrogens is 302 g/mol. The lowest BCUT2D eigenvalue weighted by Crippen LogP contribution is -2.42. The van der Waals surface area contributed by atoms with Crippen LogP contribution < -0.4 is 0 Å². The number of hydrogen-bond donors (Lipinski definition) is 0. The van der Waals surface area contributed by atoms with Crippen LogP contribution in [-0.2, 0) is 29.2 Å². The average Bonchev–Trinajstić information content (AvgIpc) is 2.99. The summed E-state index contributed by atoms with van der Waals surface area (Å²) >= 11 is 0. The fourth-order valence-corrected chi connectivity index (χ4v) is 3.70. The number of hydrogen-bond acceptors (Lipinski definition) is 4. The molecule has 24 heavy (non-hydrogen) atoms. The first kappa shape index (κ1) is 15.8. The fraction of sp³-hybridized carbons (Fsp3) is 0.526. The SMILES string of the molecule is c1ccc(COC2CN(C3CCOCC3)Cc3cccn3C2)nc1. The van der Waals surface area contributed by atoms with Gasteiger partial charge in [0.05, 0.1) is 18.4 Å². The van der Waals surface area contributed by atoms with E-state index in [9.17, 15) is 0 Å². The highest BCUT2D eigenvalue weighted by Crippen LogP contribution is 2.22. The van der Waals surface area contributed by atoms with Gasteiger partial charge in [0, 0.05) is 57.0 Å². The molecule has 0 radical (unpaired) electrons. The van der Waals surface area contributed by atoms with Gasteiger partial charge in [-0.15, -0.1) is 0 Å². The van der Waals surface area contributed by atoms with Crippen molar-refractivity contribution < 1.29 is 9.47 Å². The van der Waals surface area contributed by atoms with Crippen molar-refractivity contribution >= 4 is 0 Å². The second-order valence-electron chi connectivity index (χ2n) is 6.68. The van der Waals surface area contributed by atoms with E-state index < -0.39 is 0 Å². The van der Waals surface area contributed by atoms with Crippen LogP contribution in [0.5, 0.6) is 0 Å². The average molecular weight is 327 g/mol. The van der Waals surface area contributed by atoms with Crippen LogP contribution in [0.3, 0.4) is 0 Å². The minimum Gasteiger partial charge on any atom is -0.381 e. The smallest absolute Gasteiger partial charge is 0.0893 e. The molecule has 5 heteroatoms. The van der Waals surface area contributed by atoms with E-state index in [2.05, 4.69) is 32.8 Å². The van der Waals surface area contributed by atoms with Crippen LogP contribution >= 0.6 is 0 Å². The number of ether oxygens (including phenoxy) is 2. The molecule has 0 amide bonds. The summed E-state index contributed by atoms with van der Waals surface area (Å²) in [5.41, 5.74) is 2.37. The molecule has 2 aliphatic heterocycles. The van der Waals surface area contributed by atoms with E-state index in [1.54, 1.807) is 0 Å². The van der Waals surface area contributed by atoms with Crippen molar-refractivity contribution in [1.82, 2.24) is 14.5 Å². The van der Waals surface area contributed by atoms with E-state index in [-0.39, 0.29) is 6.10 Å². The van der Waals surface area contributed by atoms with Gasteiger partial charge in [0.2, 0.25) is 0 Å². The van der Waals surface area contributed by atoms with E-state index in [1.807, 2.05) is 24.4 Å². The summed E-state index contributed by atoms with van der Waals surface area (Å²) in [6, 6.07) is 10.9. The van der Waals surface area contributed by atoms with E-state index in [0.717, 1.165) is 51.4 Å². The summed E-state index contributed by atoms with van der Waals surface area (Å²) in [6.45, 7) is 5.21. The monoisotopic (exact) mass is 327 g/mol. The highest BCUT2D eigenvalue weighted by atomic mass is 16.5. The Kier molecular flexibility index (Phi) is 4.92. The van der Waals surface area contributed by atoms with Gasteiger partial charge in [-0.3, -0.25) is 9.88 Å². The van der Waals surface area contributed by atoms with Crippen LogP contribution in [0.1, 0.15) is 24.2 Å². The minimum absolute atomic E-state index is 0.184. The molecule has 1 fully saturated rings. The summed E-state index contributed by atoms with van der Waals surface area (Å²) in [5, 5.41) is 0. The van der Waals surface area contributed by atoms with Crippen molar-refractivity contribution in [3.63, 3.8) is 0 Å². The van der Waals surface area contributed by atoms with E-state index in [1.165, 1.54) is 5.69 Å². The first-order valence-electron chi connectivity index (χ1n) is 8.86. The molecule has 0 spiro atoms. The third-order valence-electron chi connectivity index (χ3n) is 5.03.